The first-order valence-corrected chi connectivity index (χ1v) is 14.1. The van der Waals surface area contributed by atoms with Crippen LogP contribution in [0.1, 0.15) is 30.9 Å². The van der Waals surface area contributed by atoms with Gasteiger partial charge in [-0.3, -0.25) is 9.10 Å². The average Bonchev–Trinajstić information content (AvgIpc) is 3.11. The van der Waals surface area contributed by atoms with Gasteiger partial charge in [0.25, 0.3) is 15.6 Å². The summed E-state index contributed by atoms with van der Waals surface area (Å²) in [6.07, 6.45) is -13.2. The van der Waals surface area contributed by atoms with E-state index in [2.05, 4.69) is 5.32 Å². The summed E-state index contributed by atoms with van der Waals surface area (Å²) in [6.45, 7) is 2.07. The summed E-state index contributed by atoms with van der Waals surface area (Å²) in [5.41, 5.74) is -8.61. The molecule has 1 fully saturated rings. The van der Waals surface area contributed by atoms with Gasteiger partial charge in [-0.15, -0.1) is 0 Å². The standard InChI is InChI=1S/C26H28F7N3O5S/c1-23(38)14-35(2)13-21(23)34-22(37)12-18-7-3-15-11-16(24(39,25(28,29)30)26(31,32)33)4-10-20(15)36(18)42(40,41)19-8-5-17(27)6-9-19/h4-6,8-11,18,21,38-39H,3,7,12-14H2,1-2H3,(H,34,37)/t18?,21-,23-/m1/s1. The van der Waals surface area contributed by atoms with Crippen molar-refractivity contribution < 1.29 is 54.2 Å². The second-order valence-corrected chi connectivity index (χ2v) is 12.7. The van der Waals surface area contributed by atoms with E-state index in [1.165, 1.54) is 6.92 Å². The van der Waals surface area contributed by atoms with Crippen LogP contribution in [0.5, 0.6) is 0 Å². The van der Waals surface area contributed by atoms with Gasteiger partial charge in [0, 0.05) is 25.1 Å². The molecule has 0 spiro atoms. The molecule has 0 bridgehead atoms. The maximum Gasteiger partial charge on any atom is 0.430 e. The van der Waals surface area contributed by atoms with E-state index >= 15 is 0 Å². The van der Waals surface area contributed by atoms with Crippen molar-refractivity contribution in [2.45, 2.75) is 66.7 Å². The Bertz CT molecular complexity index is 1430. The zero-order valence-electron chi connectivity index (χ0n) is 22.3. The highest BCUT2D eigenvalue weighted by Crippen LogP contribution is 2.51. The number of likely N-dealkylation sites (tertiary alicyclic amines) is 1. The van der Waals surface area contributed by atoms with Crippen molar-refractivity contribution in [2.75, 3.05) is 24.4 Å². The molecule has 4 rings (SSSR count). The summed E-state index contributed by atoms with van der Waals surface area (Å²) >= 11 is 0. The van der Waals surface area contributed by atoms with Gasteiger partial charge in [0.05, 0.1) is 28.3 Å². The van der Waals surface area contributed by atoms with Crippen molar-refractivity contribution in [1.82, 2.24) is 10.2 Å². The second-order valence-electron chi connectivity index (χ2n) is 10.9. The number of alkyl halides is 6. The van der Waals surface area contributed by atoms with Gasteiger partial charge in [-0.2, -0.15) is 26.3 Å². The summed E-state index contributed by atoms with van der Waals surface area (Å²) in [4.78, 5) is 14.4. The minimum atomic E-state index is -6.15. The van der Waals surface area contributed by atoms with Crippen LogP contribution >= 0.6 is 0 Å². The first-order valence-electron chi connectivity index (χ1n) is 12.7. The Kier molecular flexibility index (Phi) is 8.10. The van der Waals surface area contributed by atoms with Gasteiger partial charge in [0.15, 0.2) is 0 Å². The molecule has 3 atom stereocenters. The number of benzene rings is 2. The fourth-order valence-electron chi connectivity index (χ4n) is 5.48. The van der Waals surface area contributed by atoms with E-state index in [9.17, 15) is 54.2 Å². The van der Waals surface area contributed by atoms with Crippen LogP contribution in [0.3, 0.4) is 0 Å². The van der Waals surface area contributed by atoms with Gasteiger partial charge in [-0.05, 0) is 62.7 Å². The molecule has 0 aliphatic carbocycles. The summed E-state index contributed by atoms with van der Waals surface area (Å²) < 4.78 is 123. The number of fused-ring (bicyclic) bond motifs is 1. The monoisotopic (exact) mass is 627 g/mol. The lowest BCUT2D eigenvalue weighted by atomic mass is 9.87. The number of anilines is 1. The van der Waals surface area contributed by atoms with E-state index in [1.54, 1.807) is 11.9 Å². The third-order valence-electron chi connectivity index (χ3n) is 7.60. The van der Waals surface area contributed by atoms with Crippen molar-refractivity contribution in [2.24, 2.45) is 0 Å². The Balaban J connectivity index is 1.76. The molecule has 0 aromatic heterocycles. The number of nitrogens with zero attached hydrogens (tertiary/aromatic N) is 2. The predicted octanol–water partition coefficient (Wildman–Crippen LogP) is 3.22. The first-order chi connectivity index (χ1) is 19.2. The lowest BCUT2D eigenvalue weighted by Gasteiger charge is -2.39. The van der Waals surface area contributed by atoms with Crippen molar-refractivity contribution in [3.05, 3.63) is 59.4 Å². The van der Waals surface area contributed by atoms with Crippen LogP contribution in [0.4, 0.5) is 36.4 Å². The van der Waals surface area contributed by atoms with Crippen LogP contribution in [-0.4, -0.2) is 79.6 Å². The van der Waals surface area contributed by atoms with Crippen LogP contribution in [-0.2, 0) is 26.8 Å². The molecule has 0 radical (unpaired) electrons. The molecule has 2 aromatic carbocycles. The first kappa shape index (κ1) is 32.0. The Morgan fingerprint density at radius 1 is 1.07 bits per heavy atom. The molecular weight excluding hydrogens is 599 g/mol. The SMILES string of the molecule is CN1C[C@@H](NC(=O)CC2CCc3cc(C(O)(C(F)(F)F)C(F)(F)F)ccc3N2S(=O)(=O)c2ccc(F)cc2)[C@](C)(O)C1. The number of hydrogen-bond acceptors (Lipinski definition) is 6. The molecule has 16 heteroatoms. The molecule has 2 aromatic rings. The molecule has 232 valence electrons. The Hall–Kier alpha value is -2.95. The molecule has 2 heterocycles. The molecule has 1 saturated heterocycles. The topological polar surface area (TPSA) is 110 Å². The Morgan fingerprint density at radius 2 is 1.67 bits per heavy atom. The number of carbonyl (C=O) groups is 1. The van der Waals surface area contributed by atoms with E-state index < -0.39 is 74.3 Å². The van der Waals surface area contributed by atoms with Crippen molar-refractivity contribution in [3.8, 4) is 0 Å². The third kappa shape index (κ3) is 5.68. The molecule has 0 saturated carbocycles. The summed E-state index contributed by atoms with van der Waals surface area (Å²) in [5.74, 6) is -1.41. The molecule has 2 aliphatic rings. The van der Waals surface area contributed by atoms with Crippen LogP contribution in [0.25, 0.3) is 0 Å². The maximum atomic E-state index is 13.8. The Morgan fingerprint density at radius 3 is 2.19 bits per heavy atom. The number of likely N-dealkylation sites (N-methyl/N-ethyl adjacent to an activating group) is 1. The van der Waals surface area contributed by atoms with E-state index in [-0.39, 0.29) is 30.6 Å². The fraction of sp³-hybridized carbons (Fsp3) is 0.500. The molecule has 42 heavy (non-hydrogen) atoms. The van der Waals surface area contributed by atoms with Crippen LogP contribution < -0.4 is 9.62 Å². The van der Waals surface area contributed by atoms with Crippen molar-refractivity contribution in [1.29, 1.82) is 0 Å². The lowest BCUT2D eigenvalue weighted by Crippen LogP contribution is -2.54. The number of rotatable bonds is 6. The zero-order valence-corrected chi connectivity index (χ0v) is 23.1. The third-order valence-corrected chi connectivity index (χ3v) is 9.48. The summed E-state index contributed by atoms with van der Waals surface area (Å²) in [6, 6.07) is 3.23. The molecular formula is C26H28F7N3O5S. The largest absolute Gasteiger partial charge is 0.430 e. The zero-order chi connectivity index (χ0) is 31.5. The van der Waals surface area contributed by atoms with Gasteiger partial charge < -0.3 is 20.4 Å². The van der Waals surface area contributed by atoms with Gasteiger partial charge in [-0.1, -0.05) is 12.1 Å². The highest BCUT2D eigenvalue weighted by Gasteiger charge is 2.71. The molecule has 2 aliphatic heterocycles. The number of sulfonamides is 1. The minimum Gasteiger partial charge on any atom is -0.387 e. The van der Waals surface area contributed by atoms with E-state index in [0.29, 0.717) is 18.7 Å². The van der Waals surface area contributed by atoms with Crippen molar-refractivity contribution in [3.63, 3.8) is 0 Å². The number of aliphatic hydroxyl groups is 2. The average molecular weight is 628 g/mol. The predicted molar refractivity (Wildman–Crippen MR) is 135 cm³/mol. The van der Waals surface area contributed by atoms with E-state index in [4.69, 9.17) is 0 Å². The van der Waals surface area contributed by atoms with Gasteiger partial charge >= 0.3 is 12.4 Å². The van der Waals surface area contributed by atoms with E-state index in [0.717, 1.165) is 34.6 Å². The number of β-amino-alcohol motifs (C(OH)–C–C–N with tert-alkyl or cyclic N) is 1. The Labute approximate surface area is 236 Å². The summed E-state index contributed by atoms with van der Waals surface area (Å²) in [7, 11) is -2.90. The lowest BCUT2D eigenvalue weighted by molar-refractivity contribution is -0.376. The highest BCUT2D eigenvalue weighted by molar-refractivity contribution is 7.92. The molecule has 8 nitrogen and oxygen atoms in total. The van der Waals surface area contributed by atoms with Crippen molar-refractivity contribution >= 4 is 21.6 Å². The fourth-order valence-corrected chi connectivity index (χ4v) is 7.20. The van der Waals surface area contributed by atoms with Crippen LogP contribution in [0.2, 0.25) is 0 Å². The number of nitrogens with one attached hydrogen (secondary N) is 1. The molecule has 3 N–H and O–H groups in total. The van der Waals surface area contributed by atoms with Gasteiger partial charge in [0.1, 0.15) is 5.82 Å². The quantitative estimate of drug-likeness (QED) is 0.425. The van der Waals surface area contributed by atoms with Crippen LogP contribution in [0, 0.1) is 5.82 Å². The van der Waals surface area contributed by atoms with E-state index in [1.807, 2.05) is 0 Å². The number of carbonyl (C=O) groups excluding carboxylic acids is 1. The van der Waals surface area contributed by atoms with Crippen LogP contribution in [0.15, 0.2) is 47.4 Å². The maximum absolute atomic E-state index is 13.8. The molecule has 1 unspecified atom stereocenters. The highest BCUT2D eigenvalue weighted by atomic mass is 32.2. The number of halogens is 7. The van der Waals surface area contributed by atoms with Gasteiger partial charge in [-0.25, -0.2) is 12.8 Å². The number of amides is 1. The van der Waals surface area contributed by atoms with Gasteiger partial charge in [0.2, 0.25) is 5.91 Å². The number of aryl methyl sites for hydroxylation is 1. The summed E-state index contributed by atoms with van der Waals surface area (Å²) in [5, 5.41) is 23.1. The molecule has 1 amide bonds. The minimum absolute atomic E-state index is 0.193. The normalized spacial score (nSPS) is 24.0. The number of hydrogen-bond donors (Lipinski definition) is 3. The smallest absolute Gasteiger partial charge is 0.387 e. The second kappa shape index (κ2) is 10.6.